The van der Waals surface area contributed by atoms with Crippen molar-refractivity contribution in [3.05, 3.63) is 42.5 Å². The highest BCUT2D eigenvalue weighted by Gasteiger charge is 2.47. The van der Waals surface area contributed by atoms with Gasteiger partial charge in [-0.05, 0) is 44.9 Å². The van der Waals surface area contributed by atoms with E-state index in [1.54, 1.807) is 18.4 Å². The molecule has 0 radical (unpaired) electrons. The maximum absolute atomic E-state index is 14.3. The number of anilines is 1. The molecule has 0 aliphatic carbocycles. The highest BCUT2D eigenvalue weighted by atomic mass is 31.2. The SMILES string of the molecule is CCCOC(=O)C(C)(C)NP(=O)(CO[C@@H](C)Cn1cnc2c(N)ncnc21)N[C@H](c1ccc(OC(F)(F)F)cc1)C(F)(F)F. The fraction of sp³-hybridized carbons (Fsp3) is 0.520. The van der Waals surface area contributed by atoms with Gasteiger partial charge in [0.05, 0.1) is 25.6 Å². The summed E-state index contributed by atoms with van der Waals surface area (Å²) >= 11 is 0. The molecule has 19 heteroatoms. The molecular weight excluding hydrogens is 623 g/mol. The molecule has 1 unspecified atom stereocenters. The highest BCUT2D eigenvalue weighted by Crippen LogP contribution is 2.47. The fourth-order valence-corrected chi connectivity index (χ4v) is 6.35. The van der Waals surface area contributed by atoms with Gasteiger partial charge in [0, 0.05) is 0 Å². The van der Waals surface area contributed by atoms with Crippen molar-refractivity contribution >= 4 is 30.4 Å². The van der Waals surface area contributed by atoms with E-state index in [2.05, 4.69) is 24.8 Å². The van der Waals surface area contributed by atoms with Crippen molar-refractivity contribution in [2.45, 2.75) is 70.9 Å². The van der Waals surface area contributed by atoms with Crippen LogP contribution in [-0.2, 0) is 25.4 Å². The predicted molar refractivity (Wildman–Crippen MR) is 146 cm³/mol. The fourth-order valence-electron chi connectivity index (χ4n) is 3.98. The van der Waals surface area contributed by atoms with Crippen LogP contribution < -0.4 is 20.6 Å². The smallest absolute Gasteiger partial charge is 0.464 e. The summed E-state index contributed by atoms with van der Waals surface area (Å²) in [6, 6.07) is 0.228. The molecule has 0 bridgehead atoms. The minimum absolute atomic E-state index is 0.0136. The van der Waals surface area contributed by atoms with E-state index in [1.165, 1.54) is 26.5 Å². The number of nitrogens with one attached hydrogen (secondary N) is 2. The molecule has 3 atom stereocenters. The van der Waals surface area contributed by atoms with Gasteiger partial charge in [0.2, 0.25) is 7.44 Å². The maximum Gasteiger partial charge on any atom is 0.573 e. The number of hydrogen-bond donors (Lipinski definition) is 3. The number of nitrogens with zero attached hydrogens (tertiary/aromatic N) is 4. The number of nitrogen functional groups attached to an aromatic ring is 1. The molecule has 0 saturated heterocycles. The first kappa shape index (κ1) is 35.0. The van der Waals surface area contributed by atoms with Crippen molar-refractivity contribution in [2.75, 3.05) is 18.7 Å². The van der Waals surface area contributed by atoms with Gasteiger partial charge in [0.25, 0.3) is 0 Å². The summed E-state index contributed by atoms with van der Waals surface area (Å²) in [4.78, 5) is 24.8. The third-order valence-corrected chi connectivity index (χ3v) is 8.05. The summed E-state index contributed by atoms with van der Waals surface area (Å²) in [5, 5.41) is 4.50. The Morgan fingerprint density at radius 1 is 1.09 bits per heavy atom. The number of benzene rings is 1. The molecule has 4 N–H and O–H groups in total. The molecular formula is C25H32F6N7O5P. The van der Waals surface area contributed by atoms with Gasteiger partial charge in [-0.2, -0.15) is 13.2 Å². The number of carbonyl (C=O) groups excluding carboxylic acids is 1. The lowest BCUT2D eigenvalue weighted by Crippen LogP contribution is -2.50. The van der Waals surface area contributed by atoms with Crippen LogP contribution in [0.25, 0.3) is 11.2 Å². The Kier molecular flexibility index (Phi) is 10.9. The van der Waals surface area contributed by atoms with Crippen LogP contribution in [0.5, 0.6) is 5.75 Å². The van der Waals surface area contributed by atoms with E-state index in [4.69, 9.17) is 15.2 Å². The lowest BCUT2D eigenvalue weighted by molar-refractivity contribution is -0.274. The van der Waals surface area contributed by atoms with Gasteiger partial charge in [-0.15, -0.1) is 13.2 Å². The number of ether oxygens (including phenoxy) is 3. The first-order valence-corrected chi connectivity index (χ1v) is 15.0. The van der Waals surface area contributed by atoms with Crippen molar-refractivity contribution in [3.8, 4) is 5.75 Å². The zero-order chi connectivity index (χ0) is 32.9. The Morgan fingerprint density at radius 3 is 2.34 bits per heavy atom. The van der Waals surface area contributed by atoms with Crippen LogP contribution in [0.1, 0.15) is 45.7 Å². The minimum Gasteiger partial charge on any atom is -0.464 e. The molecule has 0 amide bonds. The van der Waals surface area contributed by atoms with Gasteiger partial charge in [-0.1, -0.05) is 19.1 Å². The Labute approximate surface area is 248 Å². The van der Waals surface area contributed by atoms with Crippen LogP contribution in [0.4, 0.5) is 32.2 Å². The number of carbonyl (C=O) groups is 1. The Balaban J connectivity index is 1.88. The third kappa shape index (κ3) is 9.51. The number of esters is 1. The zero-order valence-corrected chi connectivity index (χ0v) is 25.0. The molecule has 0 fully saturated rings. The topological polar surface area (TPSA) is 156 Å². The third-order valence-electron chi connectivity index (χ3n) is 5.94. The Hall–Kier alpha value is -3.47. The number of fused-ring (bicyclic) bond motifs is 1. The van der Waals surface area contributed by atoms with Crippen molar-refractivity contribution in [2.24, 2.45) is 0 Å². The van der Waals surface area contributed by atoms with Crippen molar-refractivity contribution in [1.29, 1.82) is 0 Å². The summed E-state index contributed by atoms with van der Waals surface area (Å²) in [5.41, 5.74) is 4.16. The molecule has 244 valence electrons. The van der Waals surface area contributed by atoms with Crippen LogP contribution in [0.15, 0.2) is 36.9 Å². The van der Waals surface area contributed by atoms with Crippen LogP contribution in [0.3, 0.4) is 0 Å². The summed E-state index contributed by atoms with van der Waals surface area (Å²) in [6.45, 7) is 5.92. The molecule has 2 heterocycles. The van der Waals surface area contributed by atoms with Crippen molar-refractivity contribution in [3.63, 3.8) is 0 Å². The first-order chi connectivity index (χ1) is 20.3. The summed E-state index contributed by atoms with van der Waals surface area (Å²) in [6.07, 6.45) is -8.67. The number of nitrogens with two attached hydrogens (primary N) is 1. The summed E-state index contributed by atoms with van der Waals surface area (Å²) < 4.78 is 111. The van der Waals surface area contributed by atoms with Gasteiger partial charge >= 0.3 is 18.5 Å². The van der Waals surface area contributed by atoms with Gasteiger partial charge in [-0.25, -0.2) is 25.1 Å². The number of rotatable bonds is 14. The number of aromatic nitrogens is 4. The highest BCUT2D eigenvalue weighted by molar-refractivity contribution is 7.59. The Bertz CT molecular complexity index is 1470. The van der Waals surface area contributed by atoms with E-state index in [0.29, 0.717) is 29.7 Å². The molecule has 0 aliphatic heterocycles. The summed E-state index contributed by atoms with van der Waals surface area (Å²) in [7, 11) is -4.51. The molecule has 3 rings (SSSR count). The van der Waals surface area contributed by atoms with Crippen molar-refractivity contribution in [1.82, 2.24) is 29.7 Å². The van der Waals surface area contributed by atoms with Gasteiger partial charge in [0.1, 0.15) is 35.5 Å². The lowest BCUT2D eigenvalue weighted by Gasteiger charge is -2.34. The number of imidazole rings is 1. The van der Waals surface area contributed by atoms with Gasteiger partial charge in [-0.3, -0.25) is 9.36 Å². The second-order valence-electron chi connectivity index (χ2n) is 10.3. The molecule has 3 aromatic rings. The maximum atomic E-state index is 14.3. The second kappa shape index (κ2) is 13.7. The first-order valence-electron chi connectivity index (χ1n) is 13.1. The average molecular weight is 656 g/mol. The summed E-state index contributed by atoms with van der Waals surface area (Å²) in [5.74, 6) is -1.50. The van der Waals surface area contributed by atoms with E-state index in [0.717, 1.165) is 12.1 Å². The molecule has 2 aromatic heterocycles. The van der Waals surface area contributed by atoms with E-state index in [-0.39, 0.29) is 19.0 Å². The van der Waals surface area contributed by atoms with Gasteiger partial charge < -0.3 is 24.5 Å². The van der Waals surface area contributed by atoms with Crippen molar-refractivity contribution < 1.29 is 49.9 Å². The van der Waals surface area contributed by atoms with E-state index in [1.807, 2.05) is 5.09 Å². The van der Waals surface area contributed by atoms with E-state index >= 15 is 0 Å². The molecule has 1 aromatic carbocycles. The lowest BCUT2D eigenvalue weighted by atomic mass is 10.1. The van der Waals surface area contributed by atoms with Crippen LogP contribution in [-0.4, -0.2) is 62.6 Å². The molecule has 0 saturated carbocycles. The largest absolute Gasteiger partial charge is 0.573 e. The van der Waals surface area contributed by atoms with E-state index < -0.39 is 61.3 Å². The quantitative estimate of drug-likeness (QED) is 0.121. The predicted octanol–water partition coefficient (Wildman–Crippen LogP) is 5.08. The number of halogens is 6. The van der Waals surface area contributed by atoms with E-state index in [9.17, 15) is 35.7 Å². The number of hydrogen-bond acceptors (Lipinski definition) is 9. The Morgan fingerprint density at radius 2 is 1.75 bits per heavy atom. The zero-order valence-electron chi connectivity index (χ0n) is 24.1. The normalized spacial score (nSPS) is 15.5. The standard InChI is InChI=1S/C25H32F6N7O5P/c1-5-10-41-22(39)23(3,4)37-44(40,14-42-15(2)11-38-13-35-18-20(32)33-12-34-21(18)38)36-19(24(26,27)28)16-6-8-17(9-7-16)43-25(29,30)31/h6-9,12-13,15,19H,5,10-11,14H2,1-4H3,(H2,32,33,34)(H2,36,37,40)/t15-,19+,44?/m0/s1. The second-order valence-corrected chi connectivity index (χ2v) is 12.5. The molecule has 12 nitrogen and oxygen atoms in total. The molecule has 44 heavy (non-hydrogen) atoms. The monoisotopic (exact) mass is 655 g/mol. The van der Waals surface area contributed by atoms with Gasteiger partial charge in [0.15, 0.2) is 11.5 Å². The minimum atomic E-state index is -5.09. The average Bonchev–Trinajstić information content (AvgIpc) is 3.32. The van der Waals surface area contributed by atoms with Crippen LogP contribution >= 0.6 is 7.44 Å². The van der Waals surface area contributed by atoms with Crippen LogP contribution in [0.2, 0.25) is 0 Å². The molecule has 0 aliphatic rings. The molecule has 0 spiro atoms. The van der Waals surface area contributed by atoms with Crippen LogP contribution in [0, 0.1) is 0 Å². The number of alkyl halides is 6.